The number of hydrogen-bond donors (Lipinski definition) is 1. The van der Waals surface area contributed by atoms with Gasteiger partial charge in [0.25, 0.3) is 0 Å². The highest BCUT2D eigenvalue weighted by Gasteiger charge is 2.04. The fourth-order valence-corrected chi connectivity index (χ4v) is 1.85. The molecular formula is C14H15NO. The monoisotopic (exact) mass is 213 g/mol. The molecule has 0 radical (unpaired) electrons. The molecule has 0 aliphatic carbocycles. The third-order valence-electron chi connectivity index (χ3n) is 2.90. The second-order valence-electron chi connectivity index (χ2n) is 4.19. The van der Waals surface area contributed by atoms with Crippen LogP contribution in [0.2, 0.25) is 0 Å². The van der Waals surface area contributed by atoms with E-state index in [9.17, 15) is 4.79 Å². The van der Waals surface area contributed by atoms with E-state index >= 15 is 0 Å². The molecule has 0 atom stereocenters. The van der Waals surface area contributed by atoms with Crippen LogP contribution in [0.3, 0.4) is 0 Å². The summed E-state index contributed by atoms with van der Waals surface area (Å²) < 4.78 is 0. The third-order valence-corrected chi connectivity index (χ3v) is 2.90. The summed E-state index contributed by atoms with van der Waals surface area (Å²) >= 11 is 0. The molecule has 1 aromatic carbocycles. The molecule has 1 N–H and O–H groups in total. The van der Waals surface area contributed by atoms with Gasteiger partial charge in [0.05, 0.1) is 0 Å². The van der Waals surface area contributed by atoms with Crippen LogP contribution in [0, 0.1) is 20.8 Å². The van der Waals surface area contributed by atoms with Crippen molar-refractivity contribution in [3.05, 3.63) is 57.4 Å². The van der Waals surface area contributed by atoms with Gasteiger partial charge in [0.1, 0.15) is 0 Å². The Morgan fingerprint density at radius 3 is 2.31 bits per heavy atom. The van der Waals surface area contributed by atoms with E-state index < -0.39 is 0 Å². The second kappa shape index (κ2) is 3.97. The highest BCUT2D eigenvalue weighted by Crippen LogP contribution is 2.23. The van der Waals surface area contributed by atoms with Crippen molar-refractivity contribution in [1.29, 1.82) is 0 Å². The van der Waals surface area contributed by atoms with E-state index in [4.69, 9.17) is 0 Å². The number of rotatable bonds is 1. The van der Waals surface area contributed by atoms with Crippen molar-refractivity contribution in [2.24, 2.45) is 0 Å². The van der Waals surface area contributed by atoms with E-state index in [1.165, 1.54) is 22.8 Å². The highest BCUT2D eigenvalue weighted by molar-refractivity contribution is 5.65. The summed E-state index contributed by atoms with van der Waals surface area (Å²) in [4.78, 5) is 14.4. The minimum absolute atomic E-state index is 0.0337. The first kappa shape index (κ1) is 10.7. The maximum absolute atomic E-state index is 11.3. The number of H-pyrrole nitrogens is 1. The van der Waals surface area contributed by atoms with Crippen molar-refractivity contribution in [3.8, 4) is 11.3 Å². The van der Waals surface area contributed by atoms with Gasteiger partial charge in [0.15, 0.2) is 5.43 Å². The Kier molecular flexibility index (Phi) is 2.65. The Labute approximate surface area is 95.0 Å². The lowest BCUT2D eigenvalue weighted by molar-refractivity contribution is 1.25. The molecule has 0 spiro atoms. The topological polar surface area (TPSA) is 32.9 Å². The van der Waals surface area contributed by atoms with Gasteiger partial charge in [-0.05, 0) is 43.5 Å². The van der Waals surface area contributed by atoms with Crippen molar-refractivity contribution in [2.75, 3.05) is 0 Å². The first-order chi connectivity index (χ1) is 7.58. The van der Waals surface area contributed by atoms with Gasteiger partial charge in [0.2, 0.25) is 0 Å². The van der Waals surface area contributed by atoms with Crippen LogP contribution in [0.5, 0.6) is 0 Å². The molecular weight excluding hydrogens is 198 g/mol. The molecule has 0 saturated carbocycles. The van der Waals surface area contributed by atoms with Gasteiger partial charge in [-0.15, -0.1) is 0 Å². The Morgan fingerprint density at radius 2 is 1.62 bits per heavy atom. The molecule has 0 bridgehead atoms. The van der Waals surface area contributed by atoms with E-state index in [-0.39, 0.29) is 5.43 Å². The molecule has 2 rings (SSSR count). The lowest BCUT2D eigenvalue weighted by atomic mass is 9.98. The molecule has 1 aromatic heterocycles. The van der Waals surface area contributed by atoms with Crippen LogP contribution >= 0.6 is 0 Å². The van der Waals surface area contributed by atoms with Crippen LogP contribution in [0.15, 0.2) is 35.3 Å². The quantitative estimate of drug-likeness (QED) is 0.776. The number of aromatic amines is 1. The summed E-state index contributed by atoms with van der Waals surface area (Å²) in [6.45, 7) is 6.24. The molecule has 0 aliphatic heterocycles. The Hall–Kier alpha value is -1.83. The Bertz CT molecular complexity index is 582. The molecule has 0 unspecified atom stereocenters. The summed E-state index contributed by atoms with van der Waals surface area (Å²) in [7, 11) is 0. The van der Waals surface area contributed by atoms with E-state index in [0.29, 0.717) is 0 Å². The number of benzene rings is 1. The molecule has 2 nitrogen and oxygen atoms in total. The van der Waals surface area contributed by atoms with Crippen molar-refractivity contribution in [3.63, 3.8) is 0 Å². The molecule has 2 aromatic rings. The summed E-state index contributed by atoms with van der Waals surface area (Å²) in [5.41, 5.74) is 5.72. The molecule has 82 valence electrons. The molecule has 0 amide bonds. The molecule has 0 saturated heterocycles. The first-order valence-corrected chi connectivity index (χ1v) is 5.35. The lowest BCUT2D eigenvalue weighted by Gasteiger charge is -2.09. The third kappa shape index (κ3) is 1.91. The smallest absolute Gasteiger partial charge is 0.182 e. The fraction of sp³-hybridized carbons (Fsp3) is 0.214. The number of aryl methyl sites for hydroxylation is 3. The lowest BCUT2D eigenvalue weighted by Crippen LogP contribution is -1.99. The van der Waals surface area contributed by atoms with Crippen LogP contribution in [0.4, 0.5) is 0 Å². The van der Waals surface area contributed by atoms with Crippen molar-refractivity contribution >= 4 is 0 Å². The van der Waals surface area contributed by atoms with Gasteiger partial charge in [-0.3, -0.25) is 4.79 Å². The largest absolute Gasteiger partial charge is 0.361 e. The maximum atomic E-state index is 11.3. The minimum Gasteiger partial charge on any atom is -0.361 e. The Balaban J connectivity index is 2.65. The summed E-state index contributed by atoms with van der Waals surface area (Å²) in [5.74, 6) is 0. The van der Waals surface area contributed by atoms with Crippen LogP contribution in [-0.4, -0.2) is 4.98 Å². The average Bonchev–Trinajstić information content (AvgIpc) is 2.23. The van der Waals surface area contributed by atoms with Crippen LogP contribution < -0.4 is 5.43 Å². The molecule has 0 fully saturated rings. The zero-order chi connectivity index (χ0) is 11.7. The van der Waals surface area contributed by atoms with Gasteiger partial charge in [-0.1, -0.05) is 6.07 Å². The first-order valence-electron chi connectivity index (χ1n) is 5.35. The predicted octanol–water partition coefficient (Wildman–Crippen LogP) is 2.97. The molecule has 0 aliphatic rings. The summed E-state index contributed by atoms with van der Waals surface area (Å²) in [5, 5.41) is 0. The number of pyridine rings is 1. The summed E-state index contributed by atoms with van der Waals surface area (Å²) in [6, 6.07) is 7.43. The highest BCUT2D eigenvalue weighted by atomic mass is 16.1. The van der Waals surface area contributed by atoms with Crippen molar-refractivity contribution in [2.45, 2.75) is 20.8 Å². The number of nitrogens with one attached hydrogen (secondary N) is 1. The van der Waals surface area contributed by atoms with Gasteiger partial charge in [0, 0.05) is 29.6 Å². The van der Waals surface area contributed by atoms with Crippen molar-refractivity contribution in [1.82, 2.24) is 4.98 Å². The van der Waals surface area contributed by atoms with Crippen molar-refractivity contribution < 1.29 is 0 Å². The van der Waals surface area contributed by atoms with E-state index in [1.807, 2.05) is 0 Å². The standard InChI is InChI=1S/C14H15NO/c1-9-6-11(3)13(7-10(9)2)14-8-12(16)4-5-15-14/h4-8H,1-3H3,(H,15,16). The Morgan fingerprint density at radius 1 is 0.938 bits per heavy atom. The van der Waals surface area contributed by atoms with E-state index in [2.05, 4.69) is 37.9 Å². The SMILES string of the molecule is Cc1cc(C)c(-c2cc(=O)cc[nH]2)cc1C. The number of hydrogen-bond acceptors (Lipinski definition) is 1. The van der Waals surface area contributed by atoms with Gasteiger partial charge >= 0.3 is 0 Å². The number of aromatic nitrogens is 1. The predicted molar refractivity (Wildman–Crippen MR) is 66.7 cm³/mol. The van der Waals surface area contributed by atoms with Crippen LogP contribution in [0.1, 0.15) is 16.7 Å². The van der Waals surface area contributed by atoms with Gasteiger partial charge < -0.3 is 4.98 Å². The van der Waals surface area contributed by atoms with Crippen LogP contribution in [-0.2, 0) is 0 Å². The second-order valence-corrected chi connectivity index (χ2v) is 4.19. The molecule has 1 heterocycles. The van der Waals surface area contributed by atoms with E-state index in [1.54, 1.807) is 12.3 Å². The van der Waals surface area contributed by atoms with Gasteiger partial charge in [-0.25, -0.2) is 0 Å². The van der Waals surface area contributed by atoms with Crippen LogP contribution in [0.25, 0.3) is 11.3 Å². The fourth-order valence-electron chi connectivity index (χ4n) is 1.85. The molecule has 16 heavy (non-hydrogen) atoms. The zero-order valence-electron chi connectivity index (χ0n) is 9.79. The normalized spacial score (nSPS) is 10.4. The average molecular weight is 213 g/mol. The maximum Gasteiger partial charge on any atom is 0.182 e. The molecule has 2 heteroatoms. The zero-order valence-corrected chi connectivity index (χ0v) is 9.79. The van der Waals surface area contributed by atoms with E-state index in [0.717, 1.165) is 11.3 Å². The summed E-state index contributed by atoms with van der Waals surface area (Å²) in [6.07, 6.45) is 1.69. The minimum atomic E-state index is 0.0337. The van der Waals surface area contributed by atoms with Gasteiger partial charge in [-0.2, -0.15) is 0 Å².